The van der Waals surface area contributed by atoms with E-state index in [0.29, 0.717) is 12.4 Å². The first-order valence-corrected chi connectivity index (χ1v) is 10.2. The van der Waals surface area contributed by atoms with Crippen LogP contribution in [0.1, 0.15) is 36.6 Å². The van der Waals surface area contributed by atoms with Crippen LogP contribution in [0.2, 0.25) is 0 Å². The van der Waals surface area contributed by atoms with Crippen molar-refractivity contribution in [3.05, 3.63) is 76.0 Å². The van der Waals surface area contributed by atoms with Crippen LogP contribution in [0.5, 0.6) is 5.75 Å². The Labute approximate surface area is 170 Å². The first kappa shape index (κ1) is 19.3. The highest BCUT2D eigenvalue weighted by Gasteiger charge is 2.21. The third-order valence-electron chi connectivity index (χ3n) is 5.20. The van der Waals surface area contributed by atoms with Crippen LogP contribution in [0.4, 0.5) is 0 Å². The van der Waals surface area contributed by atoms with Crippen molar-refractivity contribution >= 4 is 0 Å². The Balaban J connectivity index is 1.43. The molecule has 0 bridgehead atoms. The van der Waals surface area contributed by atoms with Gasteiger partial charge in [-0.3, -0.25) is 14.7 Å². The zero-order valence-corrected chi connectivity index (χ0v) is 16.7. The van der Waals surface area contributed by atoms with E-state index in [1.807, 2.05) is 24.3 Å². The van der Waals surface area contributed by atoms with Gasteiger partial charge in [0.25, 0.3) is 5.56 Å². The minimum absolute atomic E-state index is 0.0498. The topological polar surface area (TPSA) is 71.1 Å². The van der Waals surface area contributed by atoms with Crippen LogP contribution in [0.3, 0.4) is 0 Å². The largest absolute Gasteiger partial charge is 0.494 e. The lowest BCUT2D eigenvalue weighted by molar-refractivity contribution is 0.241. The molecule has 1 aliphatic heterocycles. The predicted octanol–water partition coefficient (Wildman–Crippen LogP) is 3.57. The molecule has 6 nitrogen and oxygen atoms in total. The minimum Gasteiger partial charge on any atom is -0.494 e. The molecule has 1 N–H and O–H groups in total. The molecule has 0 saturated heterocycles. The summed E-state index contributed by atoms with van der Waals surface area (Å²) < 4.78 is 5.73. The molecule has 150 valence electrons. The average molecular weight is 390 g/mol. The highest BCUT2D eigenvalue weighted by Crippen LogP contribution is 2.20. The third-order valence-corrected chi connectivity index (χ3v) is 5.20. The van der Waals surface area contributed by atoms with Crippen LogP contribution in [0.25, 0.3) is 11.4 Å². The Morgan fingerprint density at radius 2 is 1.93 bits per heavy atom. The molecule has 0 aliphatic carbocycles. The second-order valence-corrected chi connectivity index (χ2v) is 7.38. The molecule has 0 saturated carbocycles. The van der Waals surface area contributed by atoms with Gasteiger partial charge in [-0.2, -0.15) is 0 Å². The van der Waals surface area contributed by atoms with Crippen LogP contribution < -0.4 is 10.3 Å². The Hall–Kier alpha value is -2.99. The average Bonchev–Trinajstić information content (AvgIpc) is 2.76. The normalized spacial score (nSPS) is 13.8. The number of nitrogens with zero attached hydrogens (tertiary/aromatic N) is 3. The lowest BCUT2D eigenvalue weighted by Crippen LogP contribution is -2.35. The van der Waals surface area contributed by atoms with Gasteiger partial charge in [0, 0.05) is 44.0 Å². The summed E-state index contributed by atoms with van der Waals surface area (Å²) in [6.45, 7) is 5.22. The Kier molecular flexibility index (Phi) is 6.00. The van der Waals surface area contributed by atoms with Gasteiger partial charge in [-0.25, -0.2) is 4.98 Å². The van der Waals surface area contributed by atoms with E-state index in [4.69, 9.17) is 9.72 Å². The van der Waals surface area contributed by atoms with Crippen molar-refractivity contribution in [2.45, 2.75) is 39.3 Å². The monoisotopic (exact) mass is 390 g/mol. The number of benzene rings is 1. The van der Waals surface area contributed by atoms with Crippen molar-refractivity contribution in [3.63, 3.8) is 0 Å². The maximum Gasteiger partial charge on any atom is 0.255 e. The van der Waals surface area contributed by atoms with E-state index in [1.54, 1.807) is 12.4 Å². The SMILES string of the molecule is CCCCOc1ccc(CN2CCc3nc(-c4ccncc4)[nH]c(=O)c3C2)cc1. The van der Waals surface area contributed by atoms with Gasteiger partial charge < -0.3 is 9.72 Å². The standard InChI is InChI=1S/C23H26N4O2/c1-2-3-14-29-19-6-4-17(5-7-19)15-27-13-10-21-20(16-27)23(28)26-22(25-21)18-8-11-24-12-9-18/h4-9,11-12H,2-3,10,13-16H2,1H3,(H,25,26,28). The molecule has 6 heteroatoms. The zero-order valence-electron chi connectivity index (χ0n) is 16.7. The van der Waals surface area contributed by atoms with Crippen molar-refractivity contribution < 1.29 is 4.74 Å². The molecule has 0 unspecified atom stereocenters. The number of rotatable bonds is 7. The number of fused-ring (bicyclic) bond motifs is 1. The molecule has 1 aromatic carbocycles. The van der Waals surface area contributed by atoms with Crippen molar-refractivity contribution in [2.75, 3.05) is 13.2 Å². The number of aromatic nitrogens is 3. The van der Waals surface area contributed by atoms with Gasteiger partial charge in [0.2, 0.25) is 0 Å². The first-order valence-electron chi connectivity index (χ1n) is 10.2. The first-order chi connectivity index (χ1) is 14.2. The Morgan fingerprint density at radius 1 is 1.14 bits per heavy atom. The van der Waals surface area contributed by atoms with Crippen LogP contribution in [0.15, 0.2) is 53.6 Å². The minimum atomic E-state index is -0.0498. The lowest BCUT2D eigenvalue weighted by Gasteiger charge is -2.27. The van der Waals surface area contributed by atoms with Crippen LogP contribution >= 0.6 is 0 Å². The van der Waals surface area contributed by atoms with Crippen LogP contribution in [0, 0.1) is 0 Å². The molecule has 0 atom stereocenters. The fraction of sp³-hybridized carbons (Fsp3) is 0.348. The summed E-state index contributed by atoms with van der Waals surface area (Å²) in [7, 11) is 0. The van der Waals surface area contributed by atoms with Crippen LogP contribution in [-0.2, 0) is 19.5 Å². The zero-order chi connectivity index (χ0) is 20.1. The molecule has 0 fully saturated rings. The molecule has 4 rings (SSSR count). The third kappa shape index (κ3) is 4.71. The molecule has 3 heterocycles. The summed E-state index contributed by atoms with van der Waals surface area (Å²) in [6.07, 6.45) is 6.38. The van der Waals surface area contributed by atoms with Gasteiger partial charge in [-0.15, -0.1) is 0 Å². The maximum atomic E-state index is 12.7. The van der Waals surface area contributed by atoms with Crippen molar-refractivity contribution in [1.29, 1.82) is 0 Å². The summed E-state index contributed by atoms with van der Waals surface area (Å²) in [6, 6.07) is 12.0. The maximum absolute atomic E-state index is 12.7. The van der Waals surface area contributed by atoms with E-state index in [0.717, 1.165) is 61.5 Å². The molecule has 0 amide bonds. The van der Waals surface area contributed by atoms with E-state index < -0.39 is 0 Å². The van der Waals surface area contributed by atoms with Crippen molar-refractivity contribution in [1.82, 2.24) is 19.9 Å². The summed E-state index contributed by atoms with van der Waals surface area (Å²) in [5, 5.41) is 0. The number of ether oxygens (including phenoxy) is 1. The van der Waals surface area contributed by atoms with Gasteiger partial charge in [-0.05, 0) is 36.2 Å². The Morgan fingerprint density at radius 3 is 2.69 bits per heavy atom. The molecule has 0 radical (unpaired) electrons. The molecule has 2 aromatic heterocycles. The molecule has 29 heavy (non-hydrogen) atoms. The van der Waals surface area contributed by atoms with E-state index >= 15 is 0 Å². The van der Waals surface area contributed by atoms with Gasteiger partial charge in [0.05, 0.1) is 17.9 Å². The fourth-order valence-corrected chi connectivity index (χ4v) is 3.55. The summed E-state index contributed by atoms with van der Waals surface area (Å²) >= 11 is 0. The van der Waals surface area contributed by atoms with E-state index in [9.17, 15) is 4.79 Å². The highest BCUT2D eigenvalue weighted by molar-refractivity contribution is 5.54. The Bertz CT molecular complexity index is 1000. The van der Waals surface area contributed by atoms with Crippen LogP contribution in [-0.4, -0.2) is 33.0 Å². The predicted molar refractivity (Wildman–Crippen MR) is 113 cm³/mol. The lowest BCUT2D eigenvalue weighted by atomic mass is 10.1. The number of H-pyrrole nitrogens is 1. The van der Waals surface area contributed by atoms with Crippen molar-refractivity contribution in [3.8, 4) is 17.1 Å². The number of aromatic amines is 1. The number of hydrogen-bond acceptors (Lipinski definition) is 5. The number of unbranched alkanes of at least 4 members (excludes halogenated alkanes) is 1. The second kappa shape index (κ2) is 9.01. The number of pyridine rings is 1. The van der Waals surface area contributed by atoms with Gasteiger partial charge in [-0.1, -0.05) is 25.5 Å². The van der Waals surface area contributed by atoms with Gasteiger partial charge in [0.1, 0.15) is 11.6 Å². The van der Waals surface area contributed by atoms with Gasteiger partial charge >= 0.3 is 0 Å². The smallest absolute Gasteiger partial charge is 0.255 e. The summed E-state index contributed by atoms with van der Waals surface area (Å²) in [5.41, 5.74) is 3.72. The number of nitrogens with one attached hydrogen (secondary N) is 1. The van der Waals surface area contributed by atoms with Gasteiger partial charge in [0.15, 0.2) is 0 Å². The summed E-state index contributed by atoms with van der Waals surface area (Å²) in [5.74, 6) is 1.53. The quantitative estimate of drug-likeness (QED) is 0.625. The fourth-order valence-electron chi connectivity index (χ4n) is 3.55. The molecule has 0 spiro atoms. The second-order valence-electron chi connectivity index (χ2n) is 7.38. The molecule has 1 aliphatic rings. The van der Waals surface area contributed by atoms with E-state index in [2.05, 4.69) is 33.9 Å². The molecular weight excluding hydrogens is 364 g/mol. The summed E-state index contributed by atoms with van der Waals surface area (Å²) in [4.78, 5) is 26.6. The van der Waals surface area contributed by atoms with Crippen molar-refractivity contribution in [2.24, 2.45) is 0 Å². The highest BCUT2D eigenvalue weighted by atomic mass is 16.5. The molecular formula is C23H26N4O2. The van der Waals surface area contributed by atoms with E-state index in [1.165, 1.54) is 5.56 Å². The van der Waals surface area contributed by atoms with E-state index in [-0.39, 0.29) is 5.56 Å². The molecule has 3 aromatic rings. The number of hydrogen-bond donors (Lipinski definition) is 1.